The van der Waals surface area contributed by atoms with E-state index in [0.717, 1.165) is 0 Å². The molecule has 0 saturated heterocycles. The van der Waals surface area contributed by atoms with Crippen LogP contribution in [0.15, 0.2) is 61.2 Å². The fraction of sp³-hybridized carbons (Fsp3) is 0.111. The number of thioether (sulfide) groups is 1. The first kappa shape index (κ1) is 16.8. The summed E-state index contributed by atoms with van der Waals surface area (Å²) in [5, 5.41) is -0.614. The summed E-state index contributed by atoms with van der Waals surface area (Å²) in [5.41, 5.74) is 13.4. The maximum atomic E-state index is 12.6. The molecule has 0 bridgehead atoms. The highest BCUT2D eigenvalue weighted by Gasteiger charge is 2.23. The minimum absolute atomic E-state index is 0.179. The van der Waals surface area contributed by atoms with Crippen LogP contribution in [0.2, 0.25) is 0 Å². The lowest BCUT2D eigenvalue weighted by atomic mass is 9.97. The van der Waals surface area contributed by atoms with Gasteiger partial charge in [0.25, 0.3) is 0 Å². The molecule has 0 spiro atoms. The fourth-order valence-electron chi connectivity index (χ4n) is 2.24. The third kappa shape index (κ3) is 3.81. The van der Waals surface area contributed by atoms with Gasteiger partial charge in [0.1, 0.15) is 5.25 Å². The van der Waals surface area contributed by atoms with Gasteiger partial charge in [0.05, 0.1) is 0 Å². The number of carbonyl (C=O) groups excluding carboxylic acids is 2. The highest BCUT2D eigenvalue weighted by atomic mass is 32.2. The summed E-state index contributed by atoms with van der Waals surface area (Å²) in [6.45, 7) is 3.64. The summed E-state index contributed by atoms with van der Waals surface area (Å²) in [7, 11) is 0. The number of benzene rings is 2. The van der Waals surface area contributed by atoms with Crippen LogP contribution in [0.3, 0.4) is 0 Å². The molecule has 0 aromatic heterocycles. The van der Waals surface area contributed by atoms with Crippen LogP contribution in [0.5, 0.6) is 0 Å². The molecule has 0 aliphatic carbocycles. The van der Waals surface area contributed by atoms with Crippen LogP contribution in [-0.2, 0) is 4.79 Å². The molecule has 0 fully saturated rings. The number of rotatable bonds is 7. The Morgan fingerprint density at radius 2 is 1.83 bits per heavy atom. The van der Waals surface area contributed by atoms with Crippen LogP contribution in [0, 0.1) is 0 Å². The third-order valence-electron chi connectivity index (χ3n) is 3.34. The largest absolute Gasteiger partial charge is 0.398 e. The van der Waals surface area contributed by atoms with Crippen molar-refractivity contribution in [2.45, 2.75) is 5.25 Å². The summed E-state index contributed by atoms with van der Waals surface area (Å²) in [5.74, 6) is -0.112. The van der Waals surface area contributed by atoms with E-state index >= 15 is 0 Å². The van der Waals surface area contributed by atoms with Gasteiger partial charge in [0.2, 0.25) is 5.91 Å². The number of ketones is 1. The predicted molar refractivity (Wildman–Crippen MR) is 95.3 cm³/mol. The molecule has 5 heteroatoms. The zero-order valence-electron chi connectivity index (χ0n) is 12.6. The Hall–Kier alpha value is -2.53. The first-order valence-electron chi connectivity index (χ1n) is 7.06. The first-order chi connectivity index (χ1) is 11.1. The lowest BCUT2D eigenvalue weighted by Gasteiger charge is -2.17. The normalized spacial score (nSPS) is 11.7. The van der Waals surface area contributed by atoms with E-state index in [-0.39, 0.29) is 5.78 Å². The number of carbonyl (C=O) groups is 2. The number of para-hydroxylation sites is 1. The van der Waals surface area contributed by atoms with Gasteiger partial charge in [-0.15, -0.1) is 18.3 Å². The van der Waals surface area contributed by atoms with Crippen molar-refractivity contribution in [3.8, 4) is 0 Å². The van der Waals surface area contributed by atoms with Gasteiger partial charge in [-0.05, 0) is 11.6 Å². The van der Waals surface area contributed by atoms with Gasteiger partial charge in [-0.1, -0.05) is 48.5 Å². The van der Waals surface area contributed by atoms with Gasteiger partial charge in [-0.2, -0.15) is 0 Å². The topological polar surface area (TPSA) is 86.2 Å². The number of primary amides is 1. The molecule has 1 amide bonds. The number of nitrogens with two attached hydrogens (primary N) is 2. The number of amides is 1. The van der Waals surface area contributed by atoms with Crippen LogP contribution >= 0.6 is 11.8 Å². The van der Waals surface area contributed by atoms with Crippen LogP contribution in [-0.4, -0.2) is 17.4 Å². The van der Waals surface area contributed by atoms with E-state index in [9.17, 15) is 9.59 Å². The van der Waals surface area contributed by atoms with Crippen molar-refractivity contribution >= 4 is 29.1 Å². The smallest absolute Gasteiger partial charge is 0.235 e. The second-order valence-electron chi connectivity index (χ2n) is 4.91. The van der Waals surface area contributed by atoms with Crippen molar-refractivity contribution in [3.63, 3.8) is 0 Å². The van der Waals surface area contributed by atoms with Gasteiger partial charge in [0, 0.05) is 22.6 Å². The van der Waals surface area contributed by atoms with Crippen LogP contribution < -0.4 is 11.5 Å². The monoisotopic (exact) mass is 326 g/mol. The average Bonchev–Trinajstić information content (AvgIpc) is 2.56. The molecule has 4 N–H and O–H groups in total. The molecule has 2 rings (SSSR count). The zero-order valence-corrected chi connectivity index (χ0v) is 13.4. The summed E-state index contributed by atoms with van der Waals surface area (Å²) in [6, 6.07) is 14.0. The van der Waals surface area contributed by atoms with Crippen molar-refractivity contribution in [2.75, 3.05) is 11.5 Å². The molecule has 1 unspecified atom stereocenters. The maximum Gasteiger partial charge on any atom is 0.235 e. The molecule has 118 valence electrons. The maximum absolute atomic E-state index is 12.6. The number of hydrogen-bond acceptors (Lipinski definition) is 4. The second kappa shape index (κ2) is 7.65. The van der Waals surface area contributed by atoms with E-state index in [1.54, 1.807) is 48.5 Å². The fourth-order valence-corrected chi connectivity index (χ4v) is 3.12. The van der Waals surface area contributed by atoms with E-state index < -0.39 is 11.2 Å². The number of hydrogen-bond donors (Lipinski definition) is 2. The van der Waals surface area contributed by atoms with E-state index in [2.05, 4.69) is 6.58 Å². The number of nitrogen functional groups attached to an aromatic ring is 1. The molecule has 1 atom stereocenters. The molecule has 0 radical (unpaired) electrons. The Morgan fingerprint density at radius 3 is 2.43 bits per heavy atom. The van der Waals surface area contributed by atoms with Gasteiger partial charge in [-0.25, -0.2) is 0 Å². The Morgan fingerprint density at radius 1 is 1.13 bits per heavy atom. The van der Waals surface area contributed by atoms with Gasteiger partial charge < -0.3 is 11.5 Å². The Bertz CT molecular complexity index is 729. The van der Waals surface area contributed by atoms with E-state index in [4.69, 9.17) is 11.5 Å². The lowest BCUT2D eigenvalue weighted by Crippen LogP contribution is -2.21. The quantitative estimate of drug-likeness (QED) is 0.465. The molecule has 0 heterocycles. The summed E-state index contributed by atoms with van der Waals surface area (Å²) in [4.78, 5) is 24.3. The van der Waals surface area contributed by atoms with Crippen molar-refractivity contribution in [3.05, 3.63) is 77.9 Å². The van der Waals surface area contributed by atoms with E-state index in [1.807, 2.05) is 6.07 Å². The summed E-state index contributed by atoms with van der Waals surface area (Å²) in [6.07, 6.45) is 1.69. The minimum Gasteiger partial charge on any atom is -0.398 e. The van der Waals surface area contributed by atoms with Crippen LogP contribution in [0.1, 0.15) is 26.7 Å². The molecule has 4 nitrogen and oxygen atoms in total. The molecule has 0 saturated carbocycles. The molecule has 0 aliphatic rings. The number of anilines is 1. The second-order valence-corrected chi connectivity index (χ2v) is 6.05. The van der Waals surface area contributed by atoms with Crippen LogP contribution in [0.25, 0.3) is 0 Å². The lowest BCUT2D eigenvalue weighted by molar-refractivity contribution is -0.117. The molecule has 2 aromatic rings. The Balaban J connectivity index is 2.43. The van der Waals surface area contributed by atoms with Crippen molar-refractivity contribution in [1.29, 1.82) is 0 Å². The third-order valence-corrected chi connectivity index (χ3v) is 4.59. The van der Waals surface area contributed by atoms with Gasteiger partial charge in [0.15, 0.2) is 5.78 Å². The van der Waals surface area contributed by atoms with Crippen molar-refractivity contribution in [2.24, 2.45) is 5.73 Å². The van der Waals surface area contributed by atoms with Crippen molar-refractivity contribution < 1.29 is 9.59 Å². The highest BCUT2D eigenvalue weighted by Crippen LogP contribution is 2.34. The zero-order chi connectivity index (χ0) is 16.8. The molecule has 0 aliphatic heterocycles. The highest BCUT2D eigenvalue weighted by molar-refractivity contribution is 8.00. The summed E-state index contributed by atoms with van der Waals surface area (Å²) < 4.78 is 0. The molecular weight excluding hydrogens is 308 g/mol. The van der Waals surface area contributed by atoms with Crippen LogP contribution in [0.4, 0.5) is 5.69 Å². The predicted octanol–water partition coefficient (Wildman–Crippen LogP) is 2.95. The van der Waals surface area contributed by atoms with E-state index in [0.29, 0.717) is 28.1 Å². The van der Waals surface area contributed by atoms with Crippen molar-refractivity contribution in [1.82, 2.24) is 0 Å². The van der Waals surface area contributed by atoms with Gasteiger partial charge >= 0.3 is 0 Å². The molecule has 2 aromatic carbocycles. The molecular formula is C18H18N2O2S. The Labute approximate surface area is 139 Å². The summed E-state index contributed by atoms with van der Waals surface area (Å²) >= 11 is 1.33. The first-order valence-corrected chi connectivity index (χ1v) is 8.11. The van der Waals surface area contributed by atoms with E-state index in [1.165, 1.54) is 11.8 Å². The van der Waals surface area contributed by atoms with Gasteiger partial charge in [-0.3, -0.25) is 9.59 Å². The minimum atomic E-state index is -0.614. The standard InChI is InChI=1S/C18H18N2O2S/c1-2-11-23-17(18(20)22)14-10-6-9-13(15(14)19)16(21)12-7-4-3-5-8-12/h2-10,17H,1,11,19H2,(H2,20,22). The molecule has 23 heavy (non-hydrogen) atoms. The Kier molecular flexibility index (Phi) is 5.60. The average molecular weight is 326 g/mol. The SMILES string of the molecule is C=CCSC(C(N)=O)c1cccc(C(=O)c2ccccc2)c1N.